The number of likely N-dealkylation sites (N-methyl/N-ethyl adjacent to an activating group) is 1. The number of hydrogen-bond donors (Lipinski definition) is 2. The Labute approximate surface area is 111 Å². The Morgan fingerprint density at radius 2 is 2.00 bits per heavy atom. The van der Waals surface area contributed by atoms with Gasteiger partial charge < -0.3 is 15.2 Å². The summed E-state index contributed by atoms with van der Waals surface area (Å²) in [5.74, 6) is -1.000. The molecule has 0 aliphatic carbocycles. The normalized spacial score (nSPS) is 16.9. The van der Waals surface area contributed by atoms with Crippen LogP contribution in [-0.2, 0) is 9.53 Å². The summed E-state index contributed by atoms with van der Waals surface area (Å²) in [6, 6.07) is 0. The van der Waals surface area contributed by atoms with Crippen molar-refractivity contribution < 1.29 is 27.8 Å². The zero-order valence-electron chi connectivity index (χ0n) is 11.5. The van der Waals surface area contributed by atoms with Gasteiger partial charge in [-0.1, -0.05) is 6.92 Å². The summed E-state index contributed by atoms with van der Waals surface area (Å²) in [6.07, 6.45) is -5.40. The SMILES string of the molecule is CCNC(C)(CC(C)OCCCC(F)(F)F)C(=O)O. The molecule has 0 aliphatic heterocycles. The molecule has 2 N–H and O–H groups in total. The average molecular weight is 285 g/mol. The summed E-state index contributed by atoms with van der Waals surface area (Å²) in [5.41, 5.74) is -1.13. The van der Waals surface area contributed by atoms with Crippen molar-refractivity contribution in [1.82, 2.24) is 5.32 Å². The Kier molecular flexibility index (Phi) is 7.36. The Balaban J connectivity index is 4.08. The molecule has 0 bridgehead atoms. The van der Waals surface area contributed by atoms with Crippen LogP contribution in [0, 0.1) is 0 Å². The number of alkyl halides is 3. The van der Waals surface area contributed by atoms with E-state index in [1.807, 2.05) is 0 Å². The molecule has 0 saturated heterocycles. The number of hydrogen-bond acceptors (Lipinski definition) is 3. The molecule has 0 aromatic carbocycles. The Morgan fingerprint density at radius 1 is 1.42 bits per heavy atom. The molecule has 0 heterocycles. The molecule has 114 valence electrons. The fraction of sp³-hybridized carbons (Fsp3) is 0.917. The molecule has 7 heteroatoms. The molecule has 0 aromatic heterocycles. The lowest BCUT2D eigenvalue weighted by molar-refractivity contribution is -0.146. The monoisotopic (exact) mass is 285 g/mol. The highest BCUT2D eigenvalue weighted by Gasteiger charge is 2.34. The van der Waals surface area contributed by atoms with Gasteiger partial charge in [0, 0.05) is 19.4 Å². The summed E-state index contributed by atoms with van der Waals surface area (Å²) in [4.78, 5) is 11.1. The quantitative estimate of drug-likeness (QED) is 0.639. The van der Waals surface area contributed by atoms with Crippen LogP contribution in [0.5, 0.6) is 0 Å². The molecule has 2 atom stereocenters. The molecule has 0 aliphatic rings. The largest absolute Gasteiger partial charge is 0.480 e. The first kappa shape index (κ1) is 18.2. The van der Waals surface area contributed by atoms with Crippen molar-refractivity contribution in [2.75, 3.05) is 13.2 Å². The second-order valence-corrected chi connectivity index (χ2v) is 4.77. The van der Waals surface area contributed by atoms with Crippen LogP contribution >= 0.6 is 0 Å². The fourth-order valence-corrected chi connectivity index (χ4v) is 1.82. The molecule has 0 amide bonds. The first-order valence-electron chi connectivity index (χ1n) is 6.27. The van der Waals surface area contributed by atoms with E-state index in [2.05, 4.69) is 5.32 Å². The zero-order valence-corrected chi connectivity index (χ0v) is 11.5. The second kappa shape index (κ2) is 7.69. The number of carboxylic acid groups (broad SMARTS) is 1. The minimum absolute atomic E-state index is 0.0253. The van der Waals surface area contributed by atoms with Crippen molar-refractivity contribution >= 4 is 5.97 Å². The minimum Gasteiger partial charge on any atom is -0.480 e. The van der Waals surface area contributed by atoms with Gasteiger partial charge in [0.1, 0.15) is 5.54 Å². The fourth-order valence-electron chi connectivity index (χ4n) is 1.82. The van der Waals surface area contributed by atoms with Gasteiger partial charge in [0.25, 0.3) is 0 Å². The van der Waals surface area contributed by atoms with Gasteiger partial charge in [-0.25, -0.2) is 0 Å². The van der Waals surface area contributed by atoms with E-state index in [-0.39, 0.29) is 19.4 Å². The molecular formula is C12H22F3NO3. The van der Waals surface area contributed by atoms with Crippen molar-refractivity contribution in [1.29, 1.82) is 0 Å². The molecule has 4 nitrogen and oxygen atoms in total. The van der Waals surface area contributed by atoms with Gasteiger partial charge in [0.2, 0.25) is 0 Å². The van der Waals surface area contributed by atoms with Crippen LogP contribution in [0.3, 0.4) is 0 Å². The number of aliphatic carboxylic acids is 1. The van der Waals surface area contributed by atoms with Gasteiger partial charge >= 0.3 is 12.1 Å². The van der Waals surface area contributed by atoms with Crippen LogP contribution in [-0.4, -0.2) is 42.0 Å². The summed E-state index contributed by atoms with van der Waals surface area (Å²) in [6.45, 7) is 5.45. The maximum atomic E-state index is 11.9. The van der Waals surface area contributed by atoms with E-state index in [4.69, 9.17) is 9.84 Å². The molecular weight excluding hydrogens is 263 g/mol. The van der Waals surface area contributed by atoms with Crippen molar-refractivity contribution in [3.63, 3.8) is 0 Å². The third kappa shape index (κ3) is 8.05. The van der Waals surface area contributed by atoms with E-state index >= 15 is 0 Å². The van der Waals surface area contributed by atoms with E-state index in [1.54, 1.807) is 13.8 Å². The number of rotatable bonds is 9. The van der Waals surface area contributed by atoms with Crippen molar-refractivity contribution in [3.05, 3.63) is 0 Å². The maximum Gasteiger partial charge on any atom is 0.389 e. The van der Waals surface area contributed by atoms with Gasteiger partial charge in [-0.05, 0) is 26.8 Å². The summed E-state index contributed by atoms with van der Waals surface area (Å²) in [7, 11) is 0. The molecule has 2 unspecified atom stereocenters. The molecule has 0 radical (unpaired) electrons. The molecule has 19 heavy (non-hydrogen) atoms. The Morgan fingerprint density at radius 3 is 2.42 bits per heavy atom. The summed E-state index contributed by atoms with van der Waals surface area (Å²) >= 11 is 0. The van der Waals surface area contributed by atoms with Gasteiger partial charge in [-0.3, -0.25) is 4.79 Å². The lowest BCUT2D eigenvalue weighted by atomic mass is 9.95. The van der Waals surface area contributed by atoms with Gasteiger partial charge in [0.15, 0.2) is 0 Å². The highest BCUT2D eigenvalue weighted by Crippen LogP contribution is 2.22. The van der Waals surface area contributed by atoms with Crippen molar-refractivity contribution in [2.24, 2.45) is 0 Å². The molecule has 0 rings (SSSR count). The Bertz CT molecular complexity index is 284. The number of ether oxygens (including phenoxy) is 1. The zero-order chi connectivity index (χ0) is 15.1. The lowest BCUT2D eigenvalue weighted by Gasteiger charge is -2.28. The number of nitrogens with one attached hydrogen (secondary N) is 1. The third-order valence-electron chi connectivity index (χ3n) is 2.74. The van der Waals surface area contributed by atoms with Gasteiger partial charge in [-0.15, -0.1) is 0 Å². The minimum atomic E-state index is -4.17. The van der Waals surface area contributed by atoms with Crippen LogP contribution in [0.1, 0.15) is 40.0 Å². The maximum absolute atomic E-state index is 11.9. The van der Waals surface area contributed by atoms with Crippen LogP contribution in [0.25, 0.3) is 0 Å². The van der Waals surface area contributed by atoms with Gasteiger partial charge in [0.05, 0.1) is 6.10 Å². The molecule has 0 spiro atoms. The highest BCUT2D eigenvalue weighted by atomic mass is 19.4. The number of carbonyl (C=O) groups is 1. The average Bonchev–Trinajstić information content (AvgIpc) is 2.23. The van der Waals surface area contributed by atoms with Crippen molar-refractivity contribution in [3.8, 4) is 0 Å². The smallest absolute Gasteiger partial charge is 0.389 e. The Hall–Kier alpha value is -0.820. The van der Waals surface area contributed by atoms with Gasteiger partial charge in [-0.2, -0.15) is 13.2 Å². The predicted molar refractivity (Wildman–Crippen MR) is 65.0 cm³/mol. The number of halogens is 3. The highest BCUT2D eigenvalue weighted by molar-refractivity contribution is 5.78. The van der Waals surface area contributed by atoms with Crippen LogP contribution in [0.4, 0.5) is 13.2 Å². The van der Waals surface area contributed by atoms with E-state index in [0.29, 0.717) is 6.54 Å². The van der Waals surface area contributed by atoms with E-state index in [9.17, 15) is 18.0 Å². The third-order valence-corrected chi connectivity index (χ3v) is 2.74. The molecule has 0 fully saturated rings. The van der Waals surface area contributed by atoms with E-state index < -0.39 is 30.2 Å². The topological polar surface area (TPSA) is 58.6 Å². The number of carboxylic acids is 1. The molecule has 0 aromatic rings. The summed E-state index contributed by atoms with van der Waals surface area (Å²) < 4.78 is 41.0. The van der Waals surface area contributed by atoms with Crippen LogP contribution in [0.2, 0.25) is 0 Å². The second-order valence-electron chi connectivity index (χ2n) is 4.77. The summed E-state index contributed by atoms with van der Waals surface area (Å²) in [5, 5.41) is 12.0. The van der Waals surface area contributed by atoms with Crippen LogP contribution in [0.15, 0.2) is 0 Å². The standard InChI is InChI=1S/C12H22F3NO3/c1-4-16-11(3,10(17)18)8-9(2)19-7-5-6-12(13,14)15/h9,16H,4-8H2,1-3H3,(H,17,18). The van der Waals surface area contributed by atoms with Crippen LogP contribution < -0.4 is 5.32 Å². The van der Waals surface area contributed by atoms with E-state index in [0.717, 1.165) is 0 Å². The predicted octanol–water partition coefficient (Wildman–Crippen LogP) is 2.58. The lowest BCUT2D eigenvalue weighted by Crippen LogP contribution is -2.51. The first-order chi connectivity index (χ1) is 8.60. The van der Waals surface area contributed by atoms with E-state index in [1.165, 1.54) is 6.92 Å². The molecule has 0 saturated carbocycles. The van der Waals surface area contributed by atoms with Crippen molar-refractivity contribution in [2.45, 2.75) is 57.9 Å². The first-order valence-corrected chi connectivity index (χ1v) is 6.27.